The molecule has 0 radical (unpaired) electrons. The van der Waals surface area contributed by atoms with Gasteiger partial charge in [-0.05, 0) is 33.6 Å². The van der Waals surface area contributed by atoms with E-state index in [4.69, 9.17) is 4.74 Å². The van der Waals surface area contributed by atoms with E-state index in [1.54, 1.807) is 11.0 Å². The molecule has 0 saturated carbocycles. The number of phenols is 1. The van der Waals surface area contributed by atoms with E-state index in [0.29, 0.717) is 10.2 Å². The zero-order valence-electron chi connectivity index (χ0n) is 14.3. The van der Waals surface area contributed by atoms with Gasteiger partial charge in [0.25, 0.3) is 0 Å². The van der Waals surface area contributed by atoms with E-state index in [1.165, 1.54) is 12.7 Å². The van der Waals surface area contributed by atoms with Gasteiger partial charge >= 0.3 is 0 Å². The van der Waals surface area contributed by atoms with Gasteiger partial charge in [0, 0.05) is 5.56 Å². The number of hydrazone groups is 1. The first-order valence-electron chi connectivity index (χ1n) is 8.38. The lowest BCUT2D eigenvalue weighted by atomic mass is 10.2. The molecule has 0 unspecified atom stereocenters. The molecule has 5 nitrogen and oxygen atoms in total. The number of methoxy groups -OCH3 is 1. The van der Waals surface area contributed by atoms with Gasteiger partial charge in [-0.1, -0.05) is 30.3 Å². The third-order valence-corrected chi connectivity index (χ3v) is 4.99. The summed E-state index contributed by atoms with van der Waals surface area (Å²) in [6.07, 6.45) is 1.81. The molecular formula is C19H23BrN3O2+. The minimum absolute atomic E-state index is 0.109. The fourth-order valence-corrected chi connectivity index (χ4v) is 3.42. The maximum Gasteiger partial charge on any atom is 0.172 e. The molecule has 6 heteroatoms. The van der Waals surface area contributed by atoms with Crippen LogP contribution >= 0.6 is 15.9 Å². The number of quaternary nitrogens is 1. The molecule has 25 heavy (non-hydrogen) atoms. The lowest BCUT2D eigenvalue weighted by Gasteiger charge is -2.30. The summed E-state index contributed by atoms with van der Waals surface area (Å²) < 4.78 is 5.77. The van der Waals surface area contributed by atoms with E-state index in [1.807, 2.05) is 12.3 Å². The maximum absolute atomic E-state index is 9.86. The highest BCUT2D eigenvalue weighted by atomic mass is 79.9. The van der Waals surface area contributed by atoms with Crippen LogP contribution in [0.4, 0.5) is 0 Å². The summed E-state index contributed by atoms with van der Waals surface area (Å²) in [7, 11) is 1.54. The van der Waals surface area contributed by atoms with Crippen LogP contribution in [0.3, 0.4) is 0 Å². The largest absolute Gasteiger partial charge is 0.503 e. The van der Waals surface area contributed by atoms with E-state index in [2.05, 4.69) is 56.4 Å². The second-order valence-corrected chi connectivity index (χ2v) is 7.02. The van der Waals surface area contributed by atoms with Crippen LogP contribution < -0.4 is 9.64 Å². The number of ether oxygens (including phenoxy) is 1. The Bertz CT molecular complexity index is 729. The second kappa shape index (κ2) is 8.36. The van der Waals surface area contributed by atoms with Crippen molar-refractivity contribution >= 4 is 22.1 Å². The number of benzene rings is 2. The van der Waals surface area contributed by atoms with E-state index in [9.17, 15) is 5.11 Å². The molecule has 1 fully saturated rings. The van der Waals surface area contributed by atoms with Crippen LogP contribution in [0.2, 0.25) is 0 Å². The average molecular weight is 405 g/mol. The van der Waals surface area contributed by atoms with Gasteiger partial charge < -0.3 is 14.7 Å². The molecule has 0 bridgehead atoms. The number of halogens is 1. The van der Waals surface area contributed by atoms with E-state index in [-0.39, 0.29) is 5.75 Å². The normalized spacial score (nSPS) is 15.7. The van der Waals surface area contributed by atoms with Gasteiger partial charge in [-0.2, -0.15) is 5.10 Å². The van der Waals surface area contributed by atoms with E-state index >= 15 is 0 Å². The van der Waals surface area contributed by atoms with E-state index in [0.717, 1.165) is 38.3 Å². The van der Waals surface area contributed by atoms with E-state index < -0.39 is 0 Å². The van der Waals surface area contributed by atoms with Crippen LogP contribution in [0.15, 0.2) is 52.0 Å². The molecule has 2 aromatic carbocycles. The van der Waals surface area contributed by atoms with Crippen molar-refractivity contribution in [3.05, 3.63) is 58.1 Å². The molecule has 0 aromatic heterocycles. The van der Waals surface area contributed by atoms with Gasteiger partial charge in [-0.3, -0.25) is 5.01 Å². The number of aromatic hydroxyl groups is 1. The van der Waals surface area contributed by atoms with Gasteiger partial charge in [0.15, 0.2) is 11.5 Å². The van der Waals surface area contributed by atoms with Gasteiger partial charge in [-0.15, -0.1) is 0 Å². The topological polar surface area (TPSA) is 49.5 Å². The molecule has 0 amide bonds. The van der Waals surface area contributed by atoms with Crippen molar-refractivity contribution < 1.29 is 14.7 Å². The number of nitrogens with one attached hydrogen (secondary N) is 1. The highest BCUT2D eigenvalue weighted by molar-refractivity contribution is 9.10. The molecular weight excluding hydrogens is 382 g/mol. The molecule has 1 aliphatic heterocycles. The van der Waals surface area contributed by atoms with Gasteiger partial charge in [0.05, 0.1) is 44.0 Å². The Hall–Kier alpha value is -2.05. The van der Waals surface area contributed by atoms with Gasteiger partial charge in [0.2, 0.25) is 0 Å². The minimum Gasteiger partial charge on any atom is -0.503 e. The number of piperazine rings is 1. The highest BCUT2D eigenvalue weighted by Crippen LogP contribution is 2.34. The Balaban J connectivity index is 1.55. The summed E-state index contributed by atoms with van der Waals surface area (Å²) in [6.45, 7) is 5.11. The zero-order chi connectivity index (χ0) is 17.6. The molecule has 0 spiro atoms. The predicted molar refractivity (Wildman–Crippen MR) is 102 cm³/mol. The van der Waals surface area contributed by atoms with Crippen molar-refractivity contribution in [3.8, 4) is 11.5 Å². The number of rotatable bonds is 5. The molecule has 0 aliphatic carbocycles. The summed E-state index contributed by atoms with van der Waals surface area (Å²) in [5.74, 6) is 0.547. The van der Waals surface area contributed by atoms with Crippen LogP contribution in [0.25, 0.3) is 0 Å². The lowest BCUT2D eigenvalue weighted by molar-refractivity contribution is -0.918. The third kappa shape index (κ3) is 4.74. The van der Waals surface area contributed by atoms with Crippen LogP contribution in [0.1, 0.15) is 11.1 Å². The Kier molecular flexibility index (Phi) is 5.94. The summed E-state index contributed by atoms with van der Waals surface area (Å²) >= 11 is 3.33. The first kappa shape index (κ1) is 17.8. The summed E-state index contributed by atoms with van der Waals surface area (Å²) in [5, 5.41) is 16.5. The fraction of sp³-hybridized carbons (Fsp3) is 0.316. The maximum atomic E-state index is 9.86. The lowest BCUT2D eigenvalue weighted by Crippen LogP contribution is -3.13. The minimum atomic E-state index is 0.109. The molecule has 1 saturated heterocycles. The smallest absolute Gasteiger partial charge is 0.172 e. The number of nitrogens with zero attached hydrogens (tertiary/aromatic N) is 2. The number of hydrogen-bond donors (Lipinski definition) is 2. The Morgan fingerprint density at radius 2 is 1.96 bits per heavy atom. The molecule has 3 rings (SSSR count). The van der Waals surface area contributed by atoms with Gasteiger partial charge in [0.1, 0.15) is 6.54 Å². The molecule has 0 atom stereocenters. The van der Waals surface area contributed by atoms with Crippen LogP contribution in [-0.2, 0) is 6.54 Å². The summed E-state index contributed by atoms with van der Waals surface area (Å²) in [6, 6.07) is 14.2. The van der Waals surface area contributed by atoms with Crippen molar-refractivity contribution in [1.29, 1.82) is 0 Å². The van der Waals surface area contributed by atoms with Crippen LogP contribution in [-0.4, -0.2) is 49.6 Å². The van der Waals surface area contributed by atoms with Crippen molar-refractivity contribution in [1.82, 2.24) is 5.01 Å². The molecule has 2 aromatic rings. The van der Waals surface area contributed by atoms with Crippen LogP contribution in [0.5, 0.6) is 11.5 Å². The van der Waals surface area contributed by atoms with Gasteiger partial charge in [-0.25, -0.2) is 0 Å². The van der Waals surface area contributed by atoms with Crippen molar-refractivity contribution in [2.75, 3.05) is 33.3 Å². The number of hydrogen-bond acceptors (Lipinski definition) is 4. The molecule has 132 valence electrons. The van der Waals surface area contributed by atoms with Crippen molar-refractivity contribution in [3.63, 3.8) is 0 Å². The van der Waals surface area contributed by atoms with Crippen molar-refractivity contribution in [2.24, 2.45) is 5.10 Å². The Labute approximate surface area is 156 Å². The van der Waals surface area contributed by atoms with Crippen molar-refractivity contribution in [2.45, 2.75) is 6.54 Å². The zero-order valence-corrected chi connectivity index (χ0v) is 15.9. The first-order chi connectivity index (χ1) is 12.2. The third-order valence-electron chi connectivity index (χ3n) is 4.38. The summed E-state index contributed by atoms with van der Waals surface area (Å²) in [4.78, 5) is 1.59. The standard InChI is InChI=1S/C19H22BrN3O2/c1-25-18-12-16(11-17(20)19(18)24)13-21-23-9-7-22(8-10-23)14-15-5-3-2-4-6-15/h2-6,11-13,24H,7-10,14H2,1H3/p+1/b21-13+. The number of phenolic OH excluding ortho intramolecular Hbond substituents is 1. The fourth-order valence-electron chi connectivity index (χ4n) is 2.96. The molecule has 1 aliphatic rings. The first-order valence-corrected chi connectivity index (χ1v) is 9.18. The summed E-state index contributed by atoms with van der Waals surface area (Å²) in [5.41, 5.74) is 2.27. The highest BCUT2D eigenvalue weighted by Gasteiger charge is 2.18. The second-order valence-electron chi connectivity index (χ2n) is 6.16. The Morgan fingerprint density at radius 3 is 2.64 bits per heavy atom. The molecule has 1 heterocycles. The predicted octanol–water partition coefficient (Wildman–Crippen LogP) is 1.90. The average Bonchev–Trinajstić information content (AvgIpc) is 2.64. The molecule has 2 N–H and O–H groups in total. The monoisotopic (exact) mass is 404 g/mol. The SMILES string of the molecule is COc1cc(/C=N/N2CC[NH+](Cc3ccccc3)CC2)cc(Br)c1O. The Morgan fingerprint density at radius 1 is 1.24 bits per heavy atom. The van der Waals surface area contributed by atoms with Crippen LogP contribution in [0, 0.1) is 0 Å². The quantitative estimate of drug-likeness (QED) is 0.748.